The van der Waals surface area contributed by atoms with Gasteiger partial charge in [0.15, 0.2) is 0 Å². The van der Waals surface area contributed by atoms with Crippen molar-refractivity contribution in [2.45, 2.75) is 30.8 Å². The lowest BCUT2D eigenvalue weighted by atomic mass is 9.94. The summed E-state index contributed by atoms with van der Waals surface area (Å²) in [6, 6.07) is 17.6. The molecule has 4 nitrogen and oxygen atoms in total. The first-order valence-electron chi connectivity index (χ1n) is 9.06. The topological polar surface area (TPSA) is 50.4 Å². The lowest BCUT2D eigenvalue weighted by Gasteiger charge is -2.35. The van der Waals surface area contributed by atoms with Crippen LogP contribution < -0.4 is 15.4 Å². The predicted octanol–water partition coefficient (Wildman–Crippen LogP) is 4.32. The maximum Gasteiger partial charge on any atom is 0.231 e. The molecule has 2 heterocycles. The molecule has 3 unspecified atom stereocenters. The summed E-state index contributed by atoms with van der Waals surface area (Å²) in [5, 5.41) is 6.92. The van der Waals surface area contributed by atoms with Gasteiger partial charge in [-0.05, 0) is 59.6 Å². The van der Waals surface area contributed by atoms with E-state index in [1.165, 1.54) is 16.9 Å². The van der Waals surface area contributed by atoms with Gasteiger partial charge in [0.05, 0.1) is 11.3 Å². The number of para-hydroxylation sites is 1. The third-order valence-electron chi connectivity index (χ3n) is 5.25. The zero-order valence-electron chi connectivity index (χ0n) is 14.3. The van der Waals surface area contributed by atoms with Crippen molar-refractivity contribution < 1.29 is 9.53 Å². The summed E-state index contributed by atoms with van der Waals surface area (Å²) < 4.78 is 5.84. The number of carbonyl (C=O) groups is 1. The number of allylic oxidation sites excluding steroid dienone is 1. The molecule has 5 heteroatoms. The second-order valence-corrected chi connectivity index (χ2v) is 8.15. The van der Waals surface area contributed by atoms with E-state index in [1.54, 1.807) is 0 Å². The average Bonchev–Trinajstić information content (AvgIpc) is 3.24. The molecule has 2 aromatic rings. The molecule has 3 atom stereocenters. The normalized spacial score (nSPS) is 27.1. The highest BCUT2D eigenvalue weighted by Crippen LogP contribution is 2.50. The standard InChI is InChI=1S/C21H20N2O2S/c24-20-18-16-7-4-8-17(16)26-21(18)23-19(22-20)13-9-11-15(12-10-13)25-14-5-2-1-3-6-14/h1-3,5-6,9-12,18-19,21,23H,4,7-8H2,(H,22,24). The van der Waals surface area contributed by atoms with Gasteiger partial charge in [-0.15, -0.1) is 11.8 Å². The highest BCUT2D eigenvalue weighted by atomic mass is 32.2. The summed E-state index contributed by atoms with van der Waals surface area (Å²) >= 11 is 1.86. The molecule has 1 saturated heterocycles. The Bertz CT molecular complexity index is 863. The van der Waals surface area contributed by atoms with Gasteiger partial charge in [0.1, 0.15) is 17.7 Å². The molecule has 3 aliphatic rings. The van der Waals surface area contributed by atoms with E-state index in [1.807, 2.05) is 66.4 Å². The summed E-state index contributed by atoms with van der Waals surface area (Å²) in [5.41, 5.74) is 2.42. The van der Waals surface area contributed by atoms with E-state index in [4.69, 9.17) is 4.74 Å². The van der Waals surface area contributed by atoms with Crippen molar-refractivity contribution in [1.29, 1.82) is 0 Å². The Hall–Kier alpha value is -2.24. The summed E-state index contributed by atoms with van der Waals surface area (Å²) in [6.45, 7) is 0. The van der Waals surface area contributed by atoms with Gasteiger partial charge in [-0.2, -0.15) is 0 Å². The Kier molecular flexibility index (Phi) is 3.98. The van der Waals surface area contributed by atoms with E-state index in [-0.39, 0.29) is 23.4 Å². The molecule has 1 aliphatic carbocycles. The van der Waals surface area contributed by atoms with Crippen LogP contribution in [0.15, 0.2) is 65.1 Å². The Morgan fingerprint density at radius 3 is 2.54 bits per heavy atom. The van der Waals surface area contributed by atoms with Crippen molar-refractivity contribution in [3.05, 3.63) is 70.6 Å². The minimum absolute atomic E-state index is 0.00874. The highest BCUT2D eigenvalue weighted by molar-refractivity contribution is 8.04. The summed E-state index contributed by atoms with van der Waals surface area (Å²) in [5.74, 6) is 1.77. The lowest BCUT2D eigenvalue weighted by Crippen LogP contribution is -2.54. The third-order valence-corrected chi connectivity index (χ3v) is 6.66. The van der Waals surface area contributed by atoms with E-state index < -0.39 is 0 Å². The van der Waals surface area contributed by atoms with E-state index in [0.717, 1.165) is 29.9 Å². The summed E-state index contributed by atoms with van der Waals surface area (Å²) in [7, 11) is 0. The van der Waals surface area contributed by atoms with Gasteiger partial charge in [0.2, 0.25) is 5.91 Å². The van der Waals surface area contributed by atoms with Gasteiger partial charge >= 0.3 is 0 Å². The molecule has 2 aromatic carbocycles. The Labute approximate surface area is 157 Å². The first-order chi connectivity index (χ1) is 12.8. The molecule has 0 spiro atoms. The molecule has 1 fully saturated rings. The SMILES string of the molecule is O=C1NC(c2ccc(Oc3ccccc3)cc2)NC2SC3=C(CCC3)C12. The minimum Gasteiger partial charge on any atom is -0.457 e. The fourth-order valence-electron chi connectivity index (χ4n) is 4.00. The van der Waals surface area contributed by atoms with Gasteiger partial charge in [-0.1, -0.05) is 30.3 Å². The summed E-state index contributed by atoms with van der Waals surface area (Å²) in [4.78, 5) is 14.1. The molecule has 5 rings (SSSR count). The van der Waals surface area contributed by atoms with Crippen LogP contribution in [0.3, 0.4) is 0 Å². The Morgan fingerprint density at radius 2 is 1.73 bits per heavy atom. The second-order valence-electron chi connectivity index (χ2n) is 6.91. The van der Waals surface area contributed by atoms with Gasteiger partial charge in [0, 0.05) is 0 Å². The van der Waals surface area contributed by atoms with Crippen LogP contribution in [0.2, 0.25) is 0 Å². The van der Waals surface area contributed by atoms with Crippen LogP contribution in [0.4, 0.5) is 0 Å². The number of amides is 1. The smallest absolute Gasteiger partial charge is 0.231 e. The molecule has 0 saturated carbocycles. The van der Waals surface area contributed by atoms with Gasteiger partial charge in [-0.25, -0.2) is 0 Å². The number of ether oxygens (including phenoxy) is 1. The zero-order chi connectivity index (χ0) is 17.5. The fourth-order valence-corrected chi connectivity index (χ4v) is 5.58. The van der Waals surface area contributed by atoms with E-state index in [9.17, 15) is 4.79 Å². The lowest BCUT2D eigenvalue weighted by molar-refractivity contribution is -0.127. The largest absolute Gasteiger partial charge is 0.457 e. The maximum atomic E-state index is 12.7. The van der Waals surface area contributed by atoms with Crippen molar-refractivity contribution in [3.8, 4) is 11.5 Å². The number of thioether (sulfide) groups is 1. The monoisotopic (exact) mass is 364 g/mol. The fraction of sp³-hybridized carbons (Fsp3) is 0.286. The van der Waals surface area contributed by atoms with E-state index in [0.29, 0.717) is 0 Å². The maximum absolute atomic E-state index is 12.7. The number of rotatable bonds is 3. The van der Waals surface area contributed by atoms with Crippen LogP contribution in [0.5, 0.6) is 11.5 Å². The first-order valence-corrected chi connectivity index (χ1v) is 9.94. The number of hydrogen-bond donors (Lipinski definition) is 2. The number of benzene rings is 2. The molecule has 0 aromatic heterocycles. The Balaban J connectivity index is 1.30. The number of fused-ring (bicyclic) bond motifs is 2. The molecule has 2 N–H and O–H groups in total. The molecule has 132 valence electrons. The molecule has 0 bridgehead atoms. The molecule has 26 heavy (non-hydrogen) atoms. The minimum atomic E-state index is -0.151. The van der Waals surface area contributed by atoms with E-state index in [2.05, 4.69) is 10.6 Å². The molecule has 2 aliphatic heterocycles. The van der Waals surface area contributed by atoms with Crippen LogP contribution in [-0.4, -0.2) is 11.3 Å². The van der Waals surface area contributed by atoms with Gasteiger partial charge in [-0.3, -0.25) is 10.1 Å². The molecular weight excluding hydrogens is 344 g/mol. The molecule has 1 amide bonds. The predicted molar refractivity (Wildman–Crippen MR) is 103 cm³/mol. The van der Waals surface area contributed by atoms with Crippen molar-refractivity contribution in [2.24, 2.45) is 5.92 Å². The number of carbonyl (C=O) groups excluding carboxylic acids is 1. The second kappa shape index (κ2) is 6.49. The van der Waals surface area contributed by atoms with Crippen LogP contribution in [0, 0.1) is 5.92 Å². The van der Waals surface area contributed by atoms with Gasteiger partial charge in [0.25, 0.3) is 0 Å². The molecule has 0 radical (unpaired) electrons. The quantitative estimate of drug-likeness (QED) is 0.851. The van der Waals surface area contributed by atoms with Crippen molar-refractivity contribution in [1.82, 2.24) is 10.6 Å². The zero-order valence-corrected chi connectivity index (χ0v) is 15.1. The first kappa shape index (κ1) is 16.0. The van der Waals surface area contributed by atoms with Crippen LogP contribution in [-0.2, 0) is 4.79 Å². The summed E-state index contributed by atoms with van der Waals surface area (Å²) in [6.07, 6.45) is 3.26. The van der Waals surface area contributed by atoms with Crippen molar-refractivity contribution in [3.63, 3.8) is 0 Å². The van der Waals surface area contributed by atoms with Crippen LogP contribution in [0.1, 0.15) is 31.0 Å². The highest BCUT2D eigenvalue weighted by Gasteiger charge is 2.45. The number of nitrogens with one attached hydrogen (secondary N) is 2. The average molecular weight is 364 g/mol. The Morgan fingerprint density at radius 1 is 0.962 bits per heavy atom. The molecular formula is C21H20N2O2S. The third kappa shape index (κ3) is 2.81. The van der Waals surface area contributed by atoms with Crippen LogP contribution >= 0.6 is 11.8 Å². The van der Waals surface area contributed by atoms with Crippen LogP contribution in [0.25, 0.3) is 0 Å². The van der Waals surface area contributed by atoms with E-state index >= 15 is 0 Å². The van der Waals surface area contributed by atoms with Crippen molar-refractivity contribution >= 4 is 17.7 Å². The van der Waals surface area contributed by atoms with Gasteiger partial charge < -0.3 is 10.1 Å². The van der Waals surface area contributed by atoms with Crippen molar-refractivity contribution in [2.75, 3.05) is 0 Å². The number of hydrogen-bond acceptors (Lipinski definition) is 4.